The zero-order valence-electron chi connectivity index (χ0n) is 21.6. The van der Waals surface area contributed by atoms with Crippen LogP contribution >= 0.6 is 11.3 Å². The first-order valence-electron chi connectivity index (χ1n) is 13.6. The number of Topliss-reactive ketones (excluding diaryl/α,β-unsaturated/α-hetero) is 1. The van der Waals surface area contributed by atoms with Crippen LogP contribution in [-0.4, -0.2) is 17.9 Å². The summed E-state index contributed by atoms with van der Waals surface area (Å²) in [5, 5.41) is 0. The van der Waals surface area contributed by atoms with E-state index in [9.17, 15) is 9.59 Å². The normalized spacial score (nSPS) is 36.6. The molecule has 3 nitrogen and oxygen atoms in total. The fraction of sp³-hybridized carbons (Fsp3) is 0.500. The molecule has 0 spiro atoms. The summed E-state index contributed by atoms with van der Waals surface area (Å²) in [6.07, 6.45) is 11.7. The van der Waals surface area contributed by atoms with E-state index in [1.54, 1.807) is 11.3 Å². The molecule has 6 unspecified atom stereocenters. The van der Waals surface area contributed by atoms with Crippen LogP contribution in [0.15, 0.2) is 59.7 Å². The molecule has 6 atom stereocenters. The summed E-state index contributed by atoms with van der Waals surface area (Å²) in [7, 11) is 0. The van der Waals surface area contributed by atoms with Gasteiger partial charge in [0, 0.05) is 28.5 Å². The van der Waals surface area contributed by atoms with Crippen LogP contribution in [0.5, 0.6) is 0 Å². The van der Waals surface area contributed by atoms with Crippen LogP contribution in [0.2, 0.25) is 0 Å². The fourth-order valence-electron chi connectivity index (χ4n) is 8.12. The van der Waals surface area contributed by atoms with Crippen LogP contribution < -0.4 is 0 Å². The smallest absolute Gasteiger partial charge is 0.302 e. The zero-order valence-corrected chi connectivity index (χ0v) is 22.4. The first-order chi connectivity index (χ1) is 17.3. The summed E-state index contributed by atoms with van der Waals surface area (Å²) in [6.45, 7) is 6.22. The number of esters is 1. The van der Waals surface area contributed by atoms with Crippen LogP contribution in [0.4, 0.5) is 0 Å². The summed E-state index contributed by atoms with van der Waals surface area (Å²) in [4.78, 5) is 27.8. The van der Waals surface area contributed by atoms with E-state index >= 15 is 0 Å². The van der Waals surface area contributed by atoms with E-state index in [0.29, 0.717) is 23.5 Å². The lowest BCUT2D eigenvalue weighted by Crippen LogP contribution is -2.50. The third-order valence-electron chi connectivity index (χ3n) is 10.0. The van der Waals surface area contributed by atoms with Crippen molar-refractivity contribution in [2.24, 2.45) is 28.6 Å². The summed E-state index contributed by atoms with van der Waals surface area (Å²) in [6, 6.07) is 14.8. The van der Waals surface area contributed by atoms with Crippen molar-refractivity contribution in [2.45, 2.75) is 71.8 Å². The summed E-state index contributed by atoms with van der Waals surface area (Å²) < 4.78 is 5.59. The summed E-state index contributed by atoms with van der Waals surface area (Å²) >= 11 is 1.77. The molecule has 4 heteroatoms. The van der Waals surface area contributed by atoms with Gasteiger partial charge in [-0.1, -0.05) is 55.8 Å². The number of ketones is 1. The molecule has 3 saturated carbocycles. The highest BCUT2D eigenvalue weighted by Crippen LogP contribution is 2.65. The molecule has 0 radical (unpaired) electrons. The maximum absolute atomic E-state index is 13.8. The Morgan fingerprint density at radius 2 is 1.78 bits per heavy atom. The molecule has 188 valence electrons. The molecule has 4 aliphatic rings. The van der Waals surface area contributed by atoms with Gasteiger partial charge < -0.3 is 4.74 Å². The maximum Gasteiger partial charge on any atom is 0.302 e. The van der Waals surface area contributed by atoms with Gasteiger partial charge in [0.15, 0.2) is 5.78 Å². The van der Waals surface area contributed by atoms with Crippen molar-refractivity contribution in [2.75, 3.05) is 0 Å². The Hall–Kier alpha value is -2.46. The van der Waals surface area contributed by atoms with Crippen molar-refractivity contribution in [1.82, 2.24) is 0 Å². The van der Waals surface area contributed by atoms with E-state index in [1.807, 2.05) is 6.07 Å². The molecule has 0 amide bonds. The third kappa shape index (κ3) is 3.84. The molecule has 0 bridgehead atoms. The molecule has 1 heterocycles. The number of carbonyl (C=O) groups excluding carboxylic acids is 2. The van der Waals surface area contributed by atoms with Gasteiger partial charge in [-0.15, -0.1) is 11.3 Å². The van der Waals surface area contributed by atoms with Crippen LogP contribution in [0.3, 0.4) is 0 Å². The van der Waals surface area contributed by atoms with Crippen molar-refractivity contribution in [1.29, 1.82) is 0 Å². The first-order valence-corrected chi connectivity index (χ1v) is 14.4. The lowest BCUT2D eigenvalue weighted by Gasteiger charge is -2.56. The summed E-state index contributed by atoms with van der Waals surface area (Å²) in [5.41, 5.74) is 3.70. The van der Waals surface area contributed by atoms with Gasteiger partial charge in [0.05, 0.1) is 0 Å². The average molecular weight is 501 g/mol. The molecule has 2 aromatic rings. The monoisotopic (exact) mass is 500 g/mol. The van der Waals surface area contributed by atoms with Crippen LogP contribution in [0, 0.1) is 28.6 Å². The second-order valence-electron chi connectivity index (χ2n) is 12.0. The molecular weight excluding hydrogens is 464 g/mol. The molecule has 1 aromatic carbocycles. The van der Waals surface area contributed by atoms with Gasteiger partial charge in [-0.3, -0.25) is 9.59 Å². The van der Waals surface area contributed by atoms with E-state index in [4.69, 9.17) is 4.74 Å². The number of allylic oxidation sites excluding steroid dienone is 2. The molecule has 0 saturated heterocycles. The van der Waals surface area contributed by atoms with E-state index < -0.39 is 0 Å². The third-order valence-corrected chi connectivity index (χ3v) is 11.1. The second kappa shape index (κ2) is 8.83. The number of hydrogen-bond acceptors (Lipinski definition) is 4. The zero-order chi connectivity index (χ0) is 25.1. The Labute approximate surface area is 218 Å². The molecule has 4 aliphatic carbocycles. The molecule has 36 heavy (non-hydrogen) atoms. The highest BCUT2D eigenvalue weighted by molar-refractivity contribution is 7.16. The van der Waals surface area contributed by atoms with Gasteiger partial charge in [-0.05, 0) is 91.0 Å². The van der Waals surface area contributed by atoms with E-state index in [2.05, 4.69) is 62.4 Å². The Morgan fingerprint density at radius 1 is 1.00 bits per heavy atom. The molecule has 1 aromatic heterocycles. The lowest BCUT2D eigenvalue weighted by molar-refractivity contribution is -0.148. The number of thiophene rings is 1. The number of hydrogen-bond donors (Lipinski definition) is 0. The number of ether oxygens (including phenoxy) is 1. The van der Waals surface area contributed by atoms with E-state index in [1.165, 1.54) is 27.8 Å². The number of benzene rings is 1. The van der Waals surface area contributed by atoms with Gasteiger partial charge in [-0.2, -0.15) is 0 Å². The van der Waals surface area contributed by atoms with Gasteiger partial charge in [0.2, 0.25) is 0 Å². The number of rotatable bonds is 3. The van der Waals surface area contributed by atoms with Crippen LogP contribution in [0.1, 0.15) is 70.6 Å². The van der Waals surface area contributed by atoms with Gasteiger partial charge in [0.1, 0.15) is 6.10 Å². The van der Waals surface area contributed by atoms with Crippen molar-refractivity contribution in [3.05, 3.63) is 64.6 Å². The van der Waals surface area contributed by atoms with Crippen molar-refractivity contribution >= 4 is 29.2 Å². The minimum absolute atomic E-state index is 0.0291. The minimum Gasteiger partial charge on any atom is -0.462 e. The maximum atomic E-state index is 13.8. The topological polar surface area (TPSA) is 43.4 Å². The Bertz CT molecular complexity index is 1250. The van der Waals surface area contributed by atoms with Crippen LogP contribution in [0.25, 0.3) is 16.5 Å². The van der Waals surface area contributed by atoms with Gasteiger partial charge in [0.25, 0.3) is 0 Å². The summed E-state index contributed by atoms with van der Waals surface area (Å²) in [5.74, 6) is 1.81. The number of fused-ring (bicyclic) bond motifs is 5. The van der Waals surface area contributed by atoms with Crippen LogP contribution in [-0.2, 0) is 14.3 Å². The van der Waals surface area contributed by atoms with Crippen molar-refractivity contribution in [3.8, 4) is 10.4 Å². The van der Waals surface area contributed by atoms with Crippen molar-refractivity contribution in [3.63, 3.8) is 0 Å². The molecule has 6 rings (SSSR count). The van der Waals surface area contributed by atoms with Gasteiger partial charge in [-0.25, -0.2) is 0 Å². The quantitative estimate of drug-likeness (QED) is 0.245. The average Bonchev–Trinajstić information content (AvgIpc) is 3.43. The highest BCUT2D eigenvalue weighted by atomic mass is 32.1. The SMILES string of the molecule is CC(=O)OC1CCC2(C)C(=CCC3C4CC(=Cc5ccc(-c6ccccc6)s5)C(=O)C4(C)CCC32)C1. The standard InChI is InChI=1S/C32H36O3S/c1-20(33)35-24-13-15-31(2)23(19-24)9-11-26-27(31)14-16-32(3)28(26)18-22(30(32)34)17-25-10-12-29(36-25)21-7-5-4-6-8-21/h4-10,12,17,24,26-28H,11,13-16,18-19H2,1-3H3. The lowest BCUT2D eigenvalue weighted by atomic mass is 9.48. The molecule has 0 aliphatic heterocycles. The van der Waals surface area contributed by atoms with Crippen molar-refractivity contribution < 1.29 is 14.3 Å². The fourth-order valence-corrected chi connectivity index (χ4v) is 9.10. The minimum atomic E-state index is -0.233. The van der Waals surface area contributed by atoms with E-state index in [-0.39, 0.29) is 22.9 Å². The first kappa shape index (κ1) is 23.9. The highest BCUT2D eigenvalue weighted by Gasteiger charge is 2.60. The Morgan fingerprint density at radius 3 is 2.56 bits per heavy atom. The molecule has 3 fully saturated rings. The largest absolute Gasteiger partial charge is 0.462 e. The second-order valence-corrected chi connectivity index (χ2v) is 13.1. The van der Waals surface area contributed by atoms with Gasteiger partial charge >= 0.3 is 5.97 Å². The Kier molecular flexibility index (Phi) is 5.87. The molecule has 0 N–H and O–H groups in total. The number of carbonyl (C=O) groups is 2. The van der Waals surface area contributed by atoms with E-state index in [0.717, 1.165) is 50.5 Å². The Balaban J connectivity index is 1.25. The predicted molar refractivity (Wildman–Crippen MR) is 145 cm³/mol. The predicted octanol–water partition coefficient (Wildman–Crippen LogP) is 7.87. The molecular formula is C32H36O3S.